The Balaban J connectivity index is 2.05. The van der Waals surface area contributed by atoms with Crippen LogP contribution in [0.15, 0.2) is 15.7 Å². The van der Waals surface area contributed by atoms with E-state index in [0.29, 0.717) is 18.0 Å². The Morgan fingerprint density at radius 2 is 1.94 bits per heavy atom. The van der Waals surface area contributed by atoms with Gasteiger partial charge in [-0.05, 0) is 49.7 Å². The minimum atomic E-state index is -0.612. The third-order valence-electron chi connectivity index (χ3n) is 5.72. The average molecular weight is 447 g/mol. The second kappa shape index (κ2) is 10.3. The van der Waals surface area contributed by atoms with Gasteiger partial charge in [0.2, 0.25) is 0 Å². The second-order valence-corrected chi connectivity index (χ2v) is 9.92. The molecule has 2 aromatic rings. The fourth-order valence-corrected chi connectivity index (χ4v) is 5.30. The average Bonchev–Trinajstić information content (AvgIpc) is 3.08. The predicted molar refractivity (Wildman–Crippen MR) is 127 cm³/mol. The van der Waals surface area contributed by atoms with Gasteiger partial charge in [-0.3, -0.25) is 24.0 Å². The molecular weight excluding hydrogens is 412 g/mol. The molecule has 7 nitrogen and oxygen atoms in total. The van der Waals surface area contributed by atoms with Crippen molar-refractivity contribution in [3.05, 3.63) is 42.2 Å². The number of carbonyl (C=O) groups is 1. The zero-order valence-electron chi connectivity index (χ0n) is 18.8. The van der Waals surface area contributed by atoms with Gasteiger partial charge in [0.1, 0.15) is 5.82 Å². The third-order valence-corrected chi connectivity index (χ3v) is 6.94. The van der Waals surface area contributed by atoms with Gasteiger partial charge in [0.05, 0.1) is 4.88 Å². The molecule has 31 heavy (non-hydrogen) atoms. The maximum Gasteiger partial charge on any atom is 0.330 e. The quantitative estimate of drug-likeness (QED) is 0.672. The van der Waals surface area contributed by atoms with Crippen molar-refractivity contribution in [2.45, 2.75) is 78.7 Å². The molecule has 0 aromatic carbocycles. The number of carbonyl (C=O) groups excluding carboxylic acids is 1. The molecule has 1 aliphatic rings. The number of thiophene rings is 1. The minimum Gasteiger partial charge on any atom is -0.383 e. The van der Waals surface area contributed by atoms with Gasteiger partial charge in [-0.1, -0.05) is 40.0 Å². The number of aryl methyl sites for hydroxylation is 2. The van der Waals surface area contributed by atoms with Crippen LogP contribution in [0.1, 0.15) is 79.4 Å². The van der Waals surface area contributed by atoms with Gasteiger partial charge in [0.25, 0.3) is 11.5 Å². The number of nitrogens with one attached hydrogen (secondary N) is 1. The zero-order chi connectivity index (χ0) is 22.5. The Bertz CT molecular complexity index is 1010. The first-order valence-electron chi connectivity index (χ1n) is 11.4. The van der Waals surface area contributed by atoms with Crippen LogP contribution in [-0.2, 0) is 19.4 Å². The second-order valence-electron chi connectivity index (χ2n) is 8.78. The first-order chi connectivity index (χ1) is 14.8. The van der Waals surface area contributed by atoms with E-state index < -0.39 is 11.2 Å². The molecule has 3 N–H and O–H groups in total. The lowest BCUT2D eigenvalue weighted by atomic mass is 9.99. The molecule has 0 saturated carbocycles. The molecule has 170 valence electrons. The molecule has 0 aliphatic heterocycles. The lowest BCUT2D eigenvalue weighted by Gasteiger charge is -2.25. The Kier molecular flexibility index (Phi) is 7.75. The number of nitrogen functional groups attached to an aromatic ring is 1. The molecule has 0 fully saturated rings. The number of fused-ring (bicyclic) bond motifs is 1. The molecule has 1 amide bonds. The highest BCUT2D eigenvalue weighted by Gasteiger charge is 2.28. The van der Waals surface area contributed by atoms with Gasteiger partial charge in [-0.15, -0.1) is 11.3 Å². The molecule has 0 radical (unpaired) electrons. The molecule has 3 rings (SSSR count). The molecule has 0 unspecified atom stereocenters. The van der Waals surface area contributed by atoms with Gasteiger partial charge in [-0.2, -0.15) is 0 Å². The molecule has 2 heterocycles. The summed E-state index contributed by atoms with van der Waals surface area (Å²) in [5.41, 5.74) is 6.50. The summed E-state index contributed by atoms with van der Waals surface area (Å²) in [4.78, 5) is 44.5. The molecule has 2 aromatic heterocycles. The maximum absolute atomic E-state index is 13.6. The summed E-state index contributed by atoms with van der Waals surface area (Å²) in [6.07, 6.45) is 8.37. The SMILES string of the molecule is CCCCn1c(N)c(N(CC(C)C)C(=O)c2cc3c(s2)CCCCCC3)c(=O)[nH]c1=O. The smallest absolute Gasteiger partial charge is 0.330 e. The van der Waals surface area contributed by atoms with Crippen molar-refractivity contribution in [1.82, 2.24) is 9.55 Å². The first-order valence-corrected chi connectivity index (χ1v) is 12.2. The molecule has 8 heteroatoms. The van der Waals surface area contributed by atoms with E-state index in [0.717, 1.165) is 38.5 Å². The van der Waals surface area contributed by atoms with Crippen LogP contribution in [0.5, 0.6) is 0 Å². The van der Waals surface area contributed by atoms with Crippen molar-refractivity contribution >= 4 is 28.7 Å². The van der Waals surface area contributed by atoms with E-state index in [1.807, 2.05) is 26.8 Å². The molecule has 0 saturated heterocycles. The molecule has 0 atom stereocenters. The standard InChI is InChI=1S/C23H34N4O3S/c1-4-5-12-26-20(24)19(21(28)25-23(26)30)27(14-15(2)3)22(29)18-13-16-10-8-6-7-9-11-17(16)31-18/h13,15H,4-12,14,24H2,1-3H3,(H,25,28,30). The Morgan fingerprint density at radius 1 is 1.23 bits per heavy atom. The summed E-state index contributed by atoms with van der Waals surface area (Å²) in [6, 6.07) is 2.00. The number of H-pyrrole nitrogens is 1. The normalized spacial score (nSPS) is 14.2. The number of nitrogens with zero attached hydrogens (tertiary/aromatic N) is 2. The van der Waals surface area contributed by atoms with E-state index in [4.69, 9.17) is 5.73 Å². The van der Waals surface area contributed by atoms with E-state index in [-0.39, 0.29) is 23.3 Å². The summed E-state index contributed by atoms with van der Waals surface area (Å²) < 4.78 is 1.37. The van der Waals surface area contributed by atoms with Crippen molar-refractivity contribution < 1.29 is 4.79 Å². The summed E-state index contributed by atoms with van der Waals surface area (Å²) >= 11 is 1.54. The fourth-order valence-electron chi connectivity index (χ4n) is 4.10. The molecule has 0 spiro atoms. The number of anilines is 2. The topological polar surface area (TPSA) is 101 Å². The lowest BCUT2D eigenvalue weighted by molar-refractivity contribution is 0.0987. The fraction of sp³-hybridized carbons (Fsp3) is 0.609. The molecular formula is C23H34N4O3S. The van der Waals surface area contributed by atoms with E-state index >= 15 is 0 Å². The molecule has 0 bridgehead atoms. The monoisotopic (exact) mass is 446 g/mol. The number of aromatic nitrogens is 2. The van der Waals surface area contributed by atoms with Crippen LogP contribution in [0.4, 0.5) is 11.5 Å². The summed E-state index contributed by atoms with van der Waals surface area (Å²) in [7, 11) is 0. The van der Waals surface area contributed by atoms with Crippen molar-refractivity contribution in [1.29, 1.82) is 0 Å². The van der Waals surface area contributed by atoms with E-state index in [2.05, 4.69) is 4.98 Å². The van der Waals surface area contributed by atoms with Crippen molar-refractivity contribution in [3.8, 4) is 0 Å². The largest absolute Gasteiger partial charge is 0.383 e. The van der Waals surface area contributed by atoms with Crippen LogP contribution in [0.25, 0.3) is 0 Å². The van der Waals surface area contributed by atoms with Gasteiger partial charge < -0.3 is 5.73 Å². The van der Waals surface area contributed by atoms with Crippen LogP contribution >= 0.6 is 11.3 Å². The van der Waals surface area contributed by atoms with Crippen molar-refractivity contribution in [3.63, 3.8) is 0 Å². The number of aromatic amines is 1. The number of nitrogens with two attached hydrogens (primary N) is 1. The lowest BCUT2D eigenvalue weighted by Crippen LogP contribution is -2.42. The summed E-state index contributed by atoms with van der Waals surface area (Å²) in [6.45, 7) is 6.76. The predicted octanol–water partition coefficient (Wildman–Crippen LogP) is 3.94. The first kappa shape index (κ1) is 23.3. The summed E-state index contributed by atoms with van der Waals surface area (Å²) in [5, 5.41) is 0. The van der Waals surface area contributed by atoms with E-state index in [9.17, 15) is 14.4 Å². The zero-order valence-corrected chi connectivity index (χ0v) is 19.6. The van der Waals surface area contributed by atoms with Crippen molar-refractivity contribution in [2.24, 2.45) is 5.92 Å². The van der Waals surface area contributed by atoms with Gasteiger partial charge in [0.15, 0.2) is 5.69 Å². The highest BCUT2D eigenvalue weighted by molar-refractivity contribution is 7.14. The third kappa shape index (κ3) is 5.29. The van der Waals surface area contributed by atoms with Gasteiger partial charge >= 0.3 is 5.69 Å². The van der Waals surface area contributed by atoms with Gasteiger partial charge in [-0.25, -0.2) is 4.79 Å². The summed E-state index contributed by atoms with van der Waals surface area (Å²) in [5.74, 6) is -0.0331. The van der Waals surface area contributed by atoms with Crippen molar-refractivity contribution in [2.75, 3.05) is 17.2 Å². The molecule has 1 aliphatic carbocycles. The number of hydrogen-bond donors (Lipinski definition) is 2. The van der Waals surface area contributed by atoms with Crippen LogP contribution in [0.3, 0.4) is 0 Å². The number of rotatable bonds is 7. The Labute approximate surface area is 187 Å². The number of amides is 1. The highest BCUT2D eigenvalue weighted by atomic mass is 32.1. The highest BCUT2D eigenvalue weighted by Crippen LogP contribution is 2.31. The van der Waals surface area contributed by atoms with Crippen LogP contribution in [0, 0.1) is 5.92 Å². The Morgan fingerprint density at radius 3 is 2.61 bits per heavy atom. The Hall–Kier alpha value is -2.35. The van der Waals surface area contributed by atoms with Crippen LogP contribution in [0.2, 0.25) is 0 Å². The van der Waals surface area contributed by atoms with Gasteiger partial charge in [0, 0.05) is 18.0 Å². The number of hydrogen-bond acceptors (Lipinski definition) is 5. The maximum atomic E-state index is 13.6. The van der Waals surface area contributed by atoms with E-state index in [1.54, 1.807) is 0 Å². The minimum absolute atomic E-state index is 0.0612. The number of unbranched alkanes of at least 4 members (excludes halogenated alkanes) is 1. The van der Waals surface area contributed by atoms with E-state index in [1.165, 1.54) is 44.1 Å². The van der Waals surface area contributed by atoms with Crippen LogP contribution in [-0.4, -0.2) is 22.0 Å². The van der Waals surface area contributed by atoms with Crippen LogP contribution < -0.4 is 21.9 Å².